The standard InChI is InChI=1S/C25H22ClN5O2/c26-21-9-8-18(16-20(21)24-19-5-2-1-4-17(19)10-11-27-24)28-25(32)30-22-6-3-7-23(29-22)31-12-14-33-15-13-31/h1-11,16H,12-15H2,(H2,28,29,30,32). The molecule has 1 aliphatic heterocycles. The van der Waals surface area contributed by atoms with Crippen molar-refractivity contribution in [3.05, 3.63) is 77.9 Å². The van der Waals surface area contributed by atoms with Gasteiger partial charge in [0.2, 0.25) is 0 Å². The fraction of sp³-hybridized carbons (Fsp3) is 0.160. The second-order valence-electron chi connectivity index (χ2n) is 7.63. The number of pyridine rings is 2. The summed E-state index contributed by atoms with van der Waals surface area (Å²) in [5, 5.41) is 8.29. The third kappa shape index (κ3) is 4.74. The lowest BCUT2D eigenvalue weighted by Gasteiger charge is -2.28. The zero-order chi connectivity index (χ0) is 22.6. The molecule has 0 saturated carbocycles. The van der Waals surface area contributed by atoms with Gasteiger partial charge in [0.15, 0.2) is 0 Å². The second-order valence-corrected chi connectivity index (χ2v) is 8.04. The van der Waals surface area contributed by atoms with E-state index in [9.17, 15) is 4.79 Å². The fourth-order valence-corrected chi connectivity index (χ4v) is 4.07. The molecule has 2 amide bonds. The molecule has 0 atom stereocenters. The number of ether oxygens (including phenoxy) is 1. The van der Waals surface area contributed by atoms with Gasteiger partial charge in [0.05, 0.1) is 23.9 Å². The van der Waals surface area contributed by atoms with E-state index in [1.54, 1.807) is 24.4 Å². The van der Waals surface area contributed by atoms with Crippen LogP contribution in [0.2, 0.25) is 5.02 Å². The van der Waals surface area contributed by atoms with Gasteiger partial charge in [0.1, 0.15) is 11.6 Å². The van der Waals surface area contributed by atoms with Crippen molar-refractivity contribution in [2.24, 2.45) is 0 Å². The van der Waals surface area contributed by atoms with Gasteiger partial charge >= 0.3 is 6.03 Å². The molecule has 4 aromatic rings. The molecule has 3 heterocycles. The first kappa shape index (κ1) is 21.2. The summed E-state index contributed by atoms with van der Waals surface area (Å²) in [6.45, 7) is 2.89. The van der Waals surface area contributed by atoms with Crippen LogP contribution in [0.1, 0.15) is 0 Å². The maximum absolute atomic E-state index is 12.7. The zero-order valence-electron chi connectivity index (χ0n) is 17.8. The molecule has 33 heavy (non-hydrogen) atoms. The topological polar surface area (TPSA) is 79.4 Å². The Hall–Kier alpha value is -3.68. The number of amides is 2. The van der Waals surface area contributed by atoms with E-state index in [1.165, 1.54) is 0 Å². The highest BCUT2D eigenvalue weighted by Gasteiger charge is 2.14. The number of halogens is 1. The van der Waals surface area contributed by atoms with Crippen molar-refractivity contribution in [1.82, 2.24) is 9.97 Å². The third-order valence-corrected chi connectivity index (χ3v) is 5.79. The van der Waals surface area contributed by atoms with Crippen LogP contribution >= 0.6 is 11.6 Å². The Morgan fingerprint density at radius 3 is 2.70 bits per heavy atom. The molecule has 2 N–H and O–H groups in total. The smallest absolute Gasteiger partial charge is 0.324 e. The lowest BCUT2D eigenvalue weighted by Crippen LogP contribution is -2.36. The first-order chi connectivity index (χ1) is 16.2. The normalized spacial score (nSPS) is 13.7. The molecular weight excluding hydrogens is 438 g/mol. The summed E-state index contributed by atoms with van der Waals surface area (Å²) in [5.41, 5.74) is 2.12. The van der Waals surface area contributed by atoms with Crippen LogP contribution in [0, 0.1) is 0 Å². The van der Waals surface area contributed by atoms with E-state index in [4.69, 9.17) is 16.3 Å². The number of rotatable bonds is 4. The molecule has 5 rings (SSSR count). The van der Waals surface area contributed by atoms with Crippen molar-refractivity contribution < 1.29 is 9.53 Å². The quantitative estimate of drug-likeness (QED) is 0.425. The number of nitrogens with zero attached hydrogens (tertiary/aromatic N) is 3. The summed E-state index contributed by atoms with van der Waals surface area (Å²) >= 11 is 6.50. The molecule has 1 saturated heterocycles. The van der Waals surface area contributed by atoms with E-state index >= 15 is 0 Å². The van der Waals surface area contributed by atoms with E-state index in [2.05, 4.69) is 25.5 Å². The van der Waals surface area contributed by atoms with Crippen LogP contribution in [-0.2, 0) is 4.74 Å². The van der Waals surface area contributed by atoms with E-state index in [1.807, 2.05) is 48.5 Å². The van der Waals surface area contributed by atoms with Crippen molar-refractivity contribution >= 4 is 45.7 Å². The van der Waals surface area contributed by atoms with E-state index < -0.39 is 0 Å². The van der Waals surface area contributed by atoms with Crippen LogP contribution in [0.4, 0.5) is 22.1 Å². The average Bonchev–Trinajstić information content (AvgIpc) is 2.85. The van der Waals surface area contributed by atoms with Crippen molar-refractivity contribution in [1.29, 1.82) is 0 Å². The molecule has 2 aromatic carbocycles. The fourth-order valence-electron chi connectivity index (χ4n) is 3.86. The van der Waals surface area contributed by atoms with Gasteiger partial charge in [0, 0.05) is 35.9 Å². The Labute approximate surface area is 196 Å². The van der Waals surface area contributed by atoms with Crippen LogP contribution in [-0.4, -0.2) is 42.3 Å². The number of hydrogen-bond acceptors (Lipinski definition) is 5. The SMILES string of the molecule is O=C(Nc1ccc(Cl)c(-c2nccc3ccccc23)c1)Nc1cccc(N2CCOCC2)n1. The van der Waals surface area contributed by atoms with Gasteiger partial charge in [-0.15, -0.1) is 0 Å². The van der Waals surface area contributed by atoms with Gasteiger partial charge in [-0.1, -0.05) is 41.9 Å². The monoisotopic (exact) mass is 459 g/mol. The highest BCUT2D eigenvalue weighted by atomic mass is 35.5. The third-order valence-electron chi connectivity index (χ3n) is 5.46. The molecule has 7 nitrogen and oxygen atoms in total. The van der Waals surface area contributed by atoms with Crippen molar-refractivity contribution in [3.8, 4) is 11.3 Å². The highest BCUT2D eigenvalue weighted by Crippen LogP contribution is 2.33. The summed E-state index contributed by atoms with van der Waals surface area (Å²) in [5.74, 6) is 1.29. The molecule has 0 aliphatic carbocycles. The lowest BCUT2D eigenvalue weighted by molar-refractivity contribution is 0.122. The predicted octanol–water partition coefficient (Wildman–Crippen LogP) is 5.43. The number of nitrogens with one attached hydrogen (secondary N) is 2. The summed E-state index contributed by atoms with van der Waals surface area (Å²) in [6.07, 6.45) is 1.76. The number of carbonyl (C=O) groups is 1. The Kier molecular flexibility index (Phi) is 6.06. The minimum atomic E-state index is -0.388. The van der Waals surface area contributed by atoms with Crippen LogP contribution in [0.25, 0.3) is 22.0 Å². The van der Waals surface area contributed by atoms with Gasteiger partial charge in [0.25, 0.3) is 0 Å². The summed E-state index contributed by atoms with van der Waals surface area (Å²) in [7, 11) is 0. The Morgan fingerprint density at radius 2 is 1.82 bits per heavy atom. The number of anilines is 3. The van der Waals surface area contributed by atoms with Crippen LogP contribution < -0.4 is 15.5 Å². The van der Waals surface area contributed by atoms with Crippen LogP contribution in [0.3, 0.4) is 0 Å². The van der Waals surface area contributed by atoms with Gasteiger partial charge in [-0.2, -0.15) is 0 Å². The molecular formula is C25H22ClN5O2. The maximum atomic E-state index is 12.7. The number of hydrogen-bond donors (Lipinski definition) is 2. The Balaban J connectivity index is 1.34. The first-order valence-corrected chi connectivity index (χ1v) is 11.1. The average molecular weight is 460 g/mol. The zero-order valence-corrected chi connectivity index (χ0v) is 18.5. The molecule has 1 fully saturated rings. The second kappa shape index (κ2) is 9.44. The molecule has 166 valence electrons. The number of morpholine rings is 1. The Bertz CT molecular complexity index is 1300. The highest BCUT2D eigenvalue weighted by molar-refractivity contribution is 6.33. The van der Waals surface area contributed by atoms with Gasteiger partial charge in [-0.3, -0.25) is 10.3 Å². The number of fused-ring (bicyclic) bond motifs is 1. The first-order valence-electron chi connectivity index (χ1n) is 10.7. The van der Waals surface area contributed by atoms with Crippen molar-refractivity contribution in [2.45, 2.75) is 0 Å². The van der Waals surface area contributed by atoms with Gasteiger partial charge < -0.3 is 15.0 Å². The predicted molar refractivity (Wildman–Crippen MR) is 132 cm³/mol. The van der Waals surface area contributed by atoms with Crippen LogP contribution in [0.5, 0.6) is 0 Å². The summed E-state index contributed by atoms with van der Waals surface area (Å²) < 4.78 is 5.39. The molecule has 8 heteroatoms. The molecule has 0 spiro atoms. The largest absolute Gasteiger partial charge is 0.378 e. The summed E-state index contributed by atoms with van der Waals surface area (Å²) in [6, 6.07) is 20.5. The lowest BCUT2D eigenvalue weighted by atomic mass is 10.0. The van der Waals surface area contributed by atoms with Gasteiger partial charge in [-0.25, -0.2) is 9.78 Å². The molecule has 1 aliphatic rings. The minimum Gasteiger partial charge on any atom is -0.378 e. The van der Waals surface area contributed by atoms with E-state index in [0.29, 0.717) is 29.7 Å². The van der Waals surface area contributed by atoms with E-state index in [-0.39, 0.29) is 6.03 Å². The molecule has 0 radical (unpaired) electrons. The minimum absolute atomic E-state index is 0.388. The number of aromatic nitrogens is 2. The molecule has 0 bridgehead atoms. The number of benzene rings is 2. The molecule has 0 unspecified atom stereocenters. The number of carbonyl (C=O) groups excluding carboxylic acids is 1. The maximum Gasteiger partial charge on any atom is 0.324 e. The van der Waals surface area contributed by atoms with E-state index in [0.717, 1.165) is 40.9 Å². The van der Waals surface area contributed by atoms with Crippen LogP contribution in [0.15, 0.2) is 72.9 Å². The molecule has 2 aromatic heterocycles. The van der Waals surface area contributed by atoms with Crippen molar-refractivity contribution in [3.63, 3.8) is 0 Å². The van der Waals surface area contributed by atoms with Gasteiger partial charge in [-0.05, 0) is 41.8 Å². The van der Waals surface area contributed by atoms with Crippen molar-refractivity contribution in [2.75, 3.05) is 41.8 Å². The number of urea groups is 1. The Morgan fingerprint density at radius 1 is 0.970 bits per heavy atom. The summed E-state index contributed by atoms with van der Waals surface area (Å²) in [4.78, 5) is 23.9.